The van der Waals surface area contributed by atoms with Crippen LogP contribution in [-0.2, 0) is 11.8 Å². The van der Waals surface area contributed by atoms with E-state index in [0.29, 0.717) is 17.4 Å². The van der Waals surface area contributed by atoms with Gasteiger partial charge < -0.3 is 9.88 Å². The average Bonchev–Trinajstić information content (AvgIpc) is 3.42. The van der Waals surface area contributed by atoms with Gasteiger partial charge in [-0.05, 0) is 38.8 Å². The molecule has 1 saturated carbocycles. The first-order chi connectivity index (χ1) is 13.5. The van der Waals surface area contributed by atoms with Crippen LogP contribution in [-0.4, -0.2) is 35.8 Å². The smallest absolute Gasteiger partial charge is 0.295 e. The second-order valence-corrected chi connectivity index (χ2v) is 7.85. The van der Waals surface area contributed by atoms with Crippen LogP contribution in [0.3, 0.4) is 0 Å². The molecule has 1 aliphatic carbocycles. The van der Waals surface area contributed by atoms with E-state index in [0.717, 1.165) is 29.5 Å². The maximum Gasteiger partial charge on any atom is 0.295 e. The van der Waals surface area contributed by atoms with E-state index in [1.54, 1.807) is 16.4 Å². The topological polar surface area (TPSA) is 86.7 Å². The first kappa shape index (κ1) is 18.5. The Morgan fingerprint density at radius 1 is 1.21 bits per heavy atom. The summed E-state index contributed by atoms with van der Waals surface area (Å²) >= 11 is 1.34. The number of thioether (sulfide) groups is 1. The van der Waals surface area contributed by atoms with Gasteiger partial charge in [-0.3, -0.25) is 14.3 Å². The van der Waals surface area contributed by atoms with Gasteiger partial charge in [0.2, 0.25) is 5.91 Å². The van der Waals surface area contributed by atoms with Crippen molar-refractivity contribution >= 4 is 23.4 Å². The van der Waals surface area contributed by atoms with Crippen LogP contribution < -0.4 is 10.9 Å². The van der Waals surface area contributed by atoms with Crippen molar-refractivity contribution in [1.82, 2.24) is 24.1 Å². The lowest BCUT2D eigenvalue weighted by Gasteiger charge is -2.07. The number of para-hydroxylation sites is 1. The molecule has 0 saturated heterocycles. The molecule has 9 heteroatoms. The number of benzene rings is 1. The number of anilines is 1. The number of carbonyl (C=O) groups is 1. The van der Waals surface area contributed by atoms with Crippen molar-refractivity contribution in [3.05, 3.63) is 52.2 Å². The molecular formula is C19H22N6O2S. The minimum Gasteiger partial charge on any atom is -0.319 e. The summed E-state index contributed by atoms with van der Waals surface area (Å²) in [6.07, 6.45) is 2.25. The normalized spacial score (nSPS) is 13.7. The largest absolute Gasteiger partial charge is 0.319 e. The van der Waals surface area contributed by atoms with Crippen LogP contribution in [0, 0.1) is 13.8 Å². The van der Waals surface area contributed by atoms with E-state index in [-0.39, 0.29) is 17.2 Å². The van der Waals surface area contributed by atoms with Crippen molar-refractivity contribution in [2.45, 2.75) is 37.9 Å². The molecule has 3 aromatic rings. The van der Waals surface area contributed by atoms with E-state index < -0.39 is 0 Å². The summed E-state index contributed by atoms with van der Waals surface area (Å²) in [5.41, 5.74) is 1.50. The van der Waals surface area contributed by atoms with Gasteiger partial charge >= 0.3 is 0 Å². The molecule has 0 atom stereocenters. The SMILES string of the molecule is Cc1nnc(SCC(=O)Nc2c(C)n(C)n(-c3ccccc3)c2=O)n1C1CC1. The maximum absolute atomic E-state index is 12.9. The zero-order valence-electron chi connectivity index (χ0n) is 16.0. The van der Waals surface area contributed by atoms with E-state index >= 15 is 0 Å². The maximum atomic E-state index is 12.9. The van der Waals surface area contributed by atoms with Gasteiger partial charge in [0.15, 0.2) is 5.16 Å². The minimum atomic E-state index is -0.249. The summed E-state index contributed by atoms with van der Waals surface area (Å²) in [6.45, 7) is 3.74. The first-order valence-corrected chi connectivity index (χ1v) is 10.1. The summed E-state index contributed by atoms with van der Waals surface area (Å²) in [6, 6.07) is 9.81. The fraction of sp³-hybridized carbons (Fsp3) is 0.368. The summed E-state index contributed by atoms with van der Waals surface area (Å²) in [7, 11) is 1.80. The third kappa shape index (κ3) is 3.37. The Hall–Kier alpha value is -2.81. The fourth-order valence-electron chi connectivity index (χ4n) is 3.22. The lowest BCUT2D eigenvalue weighted by Crippen LogP contribution is -2.23. The summed E-state index contributed by atoms with van der Waals surface area (Å²) in [4.78, 5) is 25.4. The van der Waals surface area contributed by atoms with Gasteiger partial charge in [0.1, 0.15) is 11.5 Å². The van der Waals surface area contributed by atoms with Crippen LogP contribution in [0.2, 0.25) is 0 Å². The molecule has 0 bridgehead atoms. The second kappa shape index (κ2) is 7.31. The van der Waals surface area contributed by atoms with Crippen LogP contribution in [0.15, 0.2) is 40.3 Å². The Morgan fingerprint density at radius 2 is 1.93 bits per heavy atom. The molecule has 0 spiro atoms. The standard InChI is InChI=1S/C19H22N6O2S/c1-12-17(18(27)25(23(12)3)15-7-5-4-6-8-15)20-16(26)11-28-19-22-21-13(2)24(19)14-9-10-14/h4-8,14H,9-11H2,1-3H3,(H,20,26). The molecule has 1 N–H and O–H groups in total. The molecule has 146 valence electrons. The van der Waals surface area contributed by atoms with Gasteiger partial charge in [-0.15, -0.1) is 10.2 Å². The average molecular weight is 398 g/mol. The van der Waals surface area contributed by atoms with E-state index in [4.69, 9.17) is 0 Å². The molecule has 1 aromatic carbocycles. The molecule has 0 radical (unpaired) electrons. The lowest BCUT2D eigenvalue weighted by molar-refractivity contribution is -0.113. The highest BCUT2D eigenvalue weighted by molar-refractivity contribution is 7.99. The quantitative estimate of drug-likeness (QED) is 0.645. The lowest BCUT2D eigenvalue weighted by atomic mass is 10.3. The molecule has 0 aliphatic heterocycles. The number of hydrogen-bond acceptors (Lipinski definition) is 5. The molecule has 1 fully saturated rings. The second-order valence-electron chi connectivity index (χ2n) is 6.90. The van der Waals surface area contributed by atoms with Gasteiger partial charge in [0.25, 0.3) is 5.56 Å². The predicted octanol–water partition coefficient (Wildman–Crippen LogP) is 2.45. The minimum absolute atomic E-state index is 0.171. The molecule has 1 amide bonds. The number of aryl methyl sites for hydroxylation is 1. The van der Waals surface area contributed by atoms with Crippen molar-refractivity contribution in [3.8, 4) is 5.69 Å². The number of carbonyl (C=O) groups excluding carboxylic acids is 1. The summed E-state index contributed by atoms with van der Waals surface area (Å²) < 4.78 is 5.38. The molecule has 2 aromatic heterocycles. The van der Waals surface area contributed by atoms with Gasteiger partial charge in [0.05, 0.1) is 17.1 Å². The van der Waals surface area contributed by atoms with Gasteiger partial charge in [-0.25, -0.2) is 4.68 Å². The van der Waals surface area contributed by atoms with Crippen molar-refractivity contribution in [1.29, 1.82) is 0 Å². The molecule has 4 rings (SSSR count). The zero-order valence-corrected chi connectivity index (χ0v) is 16.9. The van der Waals surface area contributed by atoms with E-state index in [9.17, 15) is 9.59 Å². The van der Waals surface area contributed by atoms with Crippen LogP contribution in [0.1, 0.15) is 30.4 Å². The molecule has 0 unspecified atom stereocenters. The molecule has 28 heavy (non-hydrogen) atoms. The number of hydrogen-bond donors (Lipinski definition) is 1. The number of amides is 1. The summed E-state index contributed by atoms with van der Waals surface area (Å²) in [5.74, 6) is 0.804. The van der Waals surface area contributed by atoms with Crippen molar-refractivity contribution in [3.63, 3.8) is 0 Å². The monoisotopic (exact) mass is 398 g/mol. The van der Waals surface area contributed by atoms with Crippen LogP contribution in [0.4, 0.5) is 5.69 Å². The molecular weight excluding hydrogens is 376 g/mol. The molecule has 2 heterocycles. The Labute approximate surface area is 166 Å². The Balaban J connectivity index is 1.50. The van der Waals surface area contributed by atoms with E-state index in [2.05, 4.69) is 20.1 Å². The zero-order chi connectivity index (χ0) is 19.8. The summed E-state index contributed by atoms with van der Waals surface area (Å²) in [5, 5.41) is 11.8. The van der Waals surface area contributed by atoms with Crippen molar-refractivity contribution in [2.24, 2.45) is 7.05 Å². The van der Waals surface area contributed by atoms with Crippen molar-refractivity contribution < 1.29 is 4.79 Å². The number of nitrogens with zero attached hydrogens (tertiary/aromatic N) is 5. The van der Waals surface area contributed by atoms with Crippen molar-refractivity contribution in [2.75, 3.05) is 11.1 Å². The Bertz CT molecular complexity index is 1080. The number of nitrogens with one attached hydrogen (secondary N) is 1. The van der Waals surface area contributed by atoms with Crippen LogP contribution in [0.25, 0.3) is 5.69 Å². The number of rotatable bonds is 6. The predicted molar refractivity (Wildman–Crippen MR) is 108 cm³/mol. The van der Waals surface area contributed by atoms with E-state index in [1.807, 2.05) is 44.2 Å². The van der Waals surface area contributed by atoms with Gasteiger partial charge in [-0.1, -0.05) is 30.0 Å². The molecule has 1 aliphatic rings. The fourth-order valence-corrected chi connectivity index (χ4v) is 4.07. The first-order valence-electron chi connectivity index (χ1n) is 9.15. The van der Waals surface area contributed by atoms with Crippen LogP contribution in [0.5, 0.6) is 0 Å². The third-order valence-electron chi connectivity index (χ3n) is 4.90. The molecule has 8 nitrogen and oxygen atoms in total. The third-order valence-corrected chi connectivity index (χ3v) is 5.84. The van der Waals surface area contributed by atoms with Gasteiger partial charge in [-0.2, -0.15) is 0 Å². The highest BCUT2D eigenvalue weighted by Gasteiger charge is 2.28. The Morgan fingerprint density at radius 3 is 2.61 bits per heavy atom. The highest BCUT2D eigenvalue weighted by atomic mass is 32.2. The van der Waals surface area contributed by atoms with Crippen LogP contribution >= 0.6 is 11.8 Å². The number of aromatic nitrogens is 5. The van der Waals surface area contributed by atoms with E-state index in [1.165, 1.54) is 11.8 Å². The highest BCUT2D eigenvalue weighted by Crippen LogP contribution is 2.38. The van der Waals surface area contributed by atoms with Gasteiger partial charge in [0, 0.05) is 13.1 Å². The Kier molecular flexibility index (Phi) is 4.84.